The monoisotopic (exact) mass is 520 g/mol. The highest BCUT2D eigenvalue weighted by atomic mass is 14.4. The van der Waals surface area contributed by atoms with E-state index in [-0.39, 0.29) is 5.41 Å². The first-order chi connectivity index (χ1) is 20.1. The molecule has 0 heteroatoms. The molecule has 8 aromatic carbocycles. The van der Waals surface area contributed by atoms with Crippen molar-refractivity contribution in [3.05, 3.63) is 145 Å². The molecule has 0 atom stereocenters. The Hall–Kier alpha value is -4.94. The predicted molar refractivity (Wildman–Crippen MR) is 177 cm³/mol. The van der Waals surface area contributed by atoms with Crippen LogP contribution in [0.2, 0.25) is 0 Å². The van der Waals surface area contributed by atoms with E-state index >= 15 is 0 Å². The molecule has 0 N–H and O–H groups in total. The molecule has 0 aliphatic heterocycles. The van der Waals surface area contributed by atoms with E-state index in [1.54, 1.807) is 0 Å². The van der Waals surface area contributed by atoms with Crippen molar-refractivity contribution in [1.29, 1.82) is 0 Å². The Labute approximate surface area is 239 Å². The average molecular weight is 521 g/mol. The molecule has 1 aliphatic rings. The molecule has 8 aromatic rings. The summed E-state index contributed by atoms with van der Waals surface area (Å²) in [5, 5.41) is 13.2. The molecule has 0 aromatic heterocycles. The molecule has 0 radical (unpaired) electrons. The van der Waals surface area contributed by atoms with Gasteiger partial charge in [0.2, 0.25) is 0 Å². The molecule has 0 nitrogen and oxygen atoms in total. The van der Waals surface area contributed by atoms with E-state index in [0.29, 0.717) is 0 Å². The van der Waals surface area contributed by atoms with Gasteiger partial charge in [0.05, 0.1) is 0 Å². The van der Waals surface area contributed by atoms with Gasteiger partial charge >= 0.3 is 0 Å². The quantitative estimate of drug-likeness (QED) is 0.189. The van der Waals surface area contributed by atoms with E-state index in [9.17, 15) is 0 Å². The van der Waals surface area contributed by atoms with Gasteiger partial charge in [-0.3, -0.25) is 0 Å². The van der Waals surface area contributed by atoms with E-state index in [0.717, 1.165) is 0 Å². The van der Waals surface area contributed by atoms with Crippen LogP contribution < -0.4 is 0 Å². The lowest BCUT2D eigenvalue weighted by Gasteiger charge is -2.22. The van der Waals surface area contributed by atoms with E-state index in [1.807, 2.05) is 0 Å². The molecular formula is C41H28. The minimum Gasteiger partial charge on any atom is -0.0619 e. The summed E-state index contributed by atoms with van der Waals surface area (Å²) in [7, 11) is 0. The Kier molecular flexibility index (Phi) is 4.49. The van der Waals surface area contributed by atoms with Crippen molar-refractivity contribution in [2.45, 2.75) is 19.3 Å². The van der Waals surface area contributed by atoms with Gasteiger partial charge in [0.15, 0.2) is 0 Å². The van der Waals surface area contributed by atoms with Gasteiger partial charge in [0.25, 0.3) is 0 Å². The van der Waals surface area contributed by atoms with Crippen molar-refractivity contribution >= 4 is 53.9 Å². The molecule has 192 valence electrons. The number of fused-ring (bicyclic) bond motifs is 14. The lowest BCUT2D eigenvalue weighted by molar-refractivity contribution is 0.660. The molecule has 0 fully saturated rings. The fourth-order valence-electron chi connectivity index (χ4n) is 7.69. The minimum atomic E-state index is -0.0122. The van der Waals surface area contributed by atoms with Gasteiger partial charge in [-0.05, 0) is 99.4 Å². The standard InChI is InChI=1S/C41H28/c1-41(2)37-18-10-9-14-30(37)31-21-19-26(24-38(31)41)25-20-22-35-36(23-25)29-13-5-8-17-34(29)39-32-15-6-3-11-27(32)28-12-4-7-16-33(28)40(35)39/h3-24H,1-2H3. The molecule has 0 spiro atoms. The lowest BCUT2D eigenvalue weighted by Crippen LogP contribution is -2.14. The molecule has 0 heterocycles. The lowest BCUT2D eigenvalue weighted by atomic mass is 9.81. The molecule has 41 heavy (non-hydrogen) atoms. The zero-order valence-corrected chi connectivity index (χ0v) is 23.2. The summed E-state index contributed by atoms with van der Waals surface area (Å²) in [6, 6.07) is 49.9. The van der Waals surface area contributed by atoms with E-state index in [2.05, 4.69) is 147 Å². The summed E-state index contributed by atoms with van der Waals surface area (Å²) in [6.07, 6.45) is 0. The van der Waals surface area contributed by atoms with Crippen LogP contribution in [0.3, 0.4) is 0 Å². The van der Waals surface area contributed by atoms with E-state index in [1.165, 1.54) is 87.2 Å². The fraction of sp³-hybridized carbons (Fsp3) is 0.0732. The second-order valence-electron chi connectivity index (χ2n) is 12.1. The highest BCUT2D eigenvalue weighted by Gasteiger charge is 2.35. The largest absolute Gasteiger partial charge is 0.0619 e. The van der Waals surface area contributed by atoms with Gasteiger partial charge in [0, 0.05) is 5.41 Å². The normalized spacial score (nSPS) is 13.8. The molecular weight excluding hydrogens is 492 g/mol. The number of hydrogen-bond acceptors (Lipinski definition) is 0. The molecule has 0 bridgehead atoms. The van der Waals surface area contributed by atoms with Crippen LogP contribution in [0.1, 0.15) is 25.0 Å². The second kappa shape index (κ2) is 8.05. The van der Waals surface area contributed by atoms with Gasteiger partial charge in [0.1, 0.15) is 0 Å². The van der Waals surface area contributed by atoms with Gasteiger partial charge < -0.3 is 0 Å². The summed E-state index contributed by atoms with van der Waals surface area (Å²) in [5.74, 6) is 0. The minimum absolute atomic E-state index is 0.0122. The number of benzene rings is 8. The summed E-state index contributed by atoms with van der Waals surface area (Å²) >= 11 is 0. The molecule has 0 saturated heterocycles. The zero-order chi connectivity index (χ0) is 27.3. The highest BCUT2D eigenvalue weighted by molar-refractivity contribution is 6.39. The third-order valence-electron chi connectivity index (χ3n) is 9.63. The Morgan fingerprint density at radius 1 is 0.341 bits per heavy atom. The summed E-state index contributed by atoms with van der Waals surface area (Å²) in [5.41, 5.74) is 8.10. The predicted octanol–water partition coefficient (Wildman–Crippen LogP) is 11.4. The van der Waals surface area contributed by atoms with Gasteiger partial charge in [-0.25, -0.2) is 0 Å². The second-order valence-corrected chi connectivity index (χ2v) is 12.1. The Bertz CT molecular complexity index is 2390. The van der Waals surface area contributed by atoms with Crippen LogP contribution in [0.25, 0.3) is 76.1 Å². The van der Waals surface area contributed by atoms with Crippen LogP contribution >= 0.6 is 0 Å². The van der Waals surface area contributed by atoms with Crippen LogP contribution in [0, 0.1) is 0 Å². The fourth-order valence-corrected chi connectivity index (χ4v) is 7.69. The summed E-state index contributed by atoms with van der Waals surface area (Å²) < 4.78 is 0. The smallest absolute Gasteiger partial charge is 0.0159 e. The topological polar surface area (TPSA) is 0 Å². The van der Waals surface area contributed by atoms with Crippen LogP contribution in [0.15, 0.2) is 133 Å². The van der Waals surface area contributed by atoms with E-state index < -0.39 is 0 Å². The molecule has 0 unspecified atom stereocenters. The van der Waals surface area contributed by atoms with Crippen molar-refractivity contribution in [3.63, 3.8) is 0 Å². The van der Waals surface area contributed by atoms with Crippen molar-refractivity contribution in [2.24, 2.45) is 0 Å². The maximum absolute atomic E-state index is 2.43. The highest BCUT2D eigenvalue weighted by Crippen LogP contribution is 2.50. The van der Waals surface area contributed by atoms with Crippen molar-refractivity contribution in [1.82, 2.24) is 0 Å². The van der Waals surface area contributed by atoms with Crippen LogP contribution in [0.5, 0.6) is 0 Å². The molecule has 0 amide bonds. The molecule has 0 saturated carbocycles. The van der Waals surface area contributed by atoms with Crippen molar-refractivity contribution in [2.75, 3.05) is 0 Å². The van der Waals surface area contributed by atoms with E-state index in [4.69, 9.17) is 0 Å². The molecule has 9 rings (SSSR count). The zero-order valence-electron chi connectivity index (χ0n) is 23.2. The number of rotatable bonds is 1. The van der Waals surface area contributed by atoms with Gasteiger partial charge in [-0.15, -0.1) is 0 Å². The molecule has 1 aliphatic carbocycles. The van der Waals surface area contributed by atoms with Gasteiger partial charge in [-0.1, -0.05) is 135 Å². The Balaban J connectivity index is 1.38. The van der Waals surface area contributed by atoms with Crippen LogP contribution in [0.4, 0.5) is 0 Å². The Morgan fingerprint density at radius 2 is 0.780 bits per heavy atom. The third kappa shape index (κ3) is 3.00. The first-order valence-corrected chi connectivity index (χ1v) is 14.5. The maximum Gasteiger partial charge on any atom is 0.0159 e. The summed E-state index contributed by atoms with van der Waals surface area (Å²) in [6.45, 7) is 4.72. The first-order valence-electron chi connectivity index (χ1n) is 14.5. The number of hydrogen-bond donors (Lipinski definition) is 0. The van der Waals surface area contributed by atoms with Crippen LogP contribution in [-0.4, -0.2) is 0 Å². The Morgan fingerprint density at radius 3 is 1.41 bits per heavy atom. The maximum atomic E-state index is 2.43. The summed E-state index contributed by atoms with van der Waals surface area (Å²) in [4.78, 5) is 0. The van der Waals surface area contributed by atoms with Crippen LogP contribution in [-0.2, 0) is 5.41 Å². The third-order valence-corrected chi connectivity index (χ3v) is 9.63. The first kappa shape index (κ1) is 22.8. The van der Waals surface area contributed by atoms with Crippen molar-refractivity contribution in [3.8, 4) is 22.3 Å². The van der Waals surface area contributed by atoms with Gasteiger partial charge in [-0.2, -0.15) is 0 Å². The average Bonchev–Trinajstić information content (AvgIpc) is 3.26. The van der Waals surface area contributed by atoms with Crippen molar-refractivity contribution < 1.29 is 0 Å². The SMILES string of the molecule is CC1(C)c2ccccc2-c2ccc(-c3ccc4c(c3)c3ccccc3c3c5ccccc5c5ccccc5c43)cc21.